The van der Waals surface area contributed by atoms with Crippen molar-refractivity contribution in [1.82, 2.24) is 19.9 Å². The molecule has 35 heavy (non-hydrogen) atoms. The van der Waals surface area contributed by atoms with Crippen molar-refractivity contribution in [2.24, 2.45) is 0 Å². The summed E-state index contributed by atoms with van der Waals surface area (Å²) in [6.45, 7) is 5.49. The molecule has 0 unspecified atom stereocenters. The van der Waals surface area contributed by atoms with Crippen molar-refractivity contribution in [3.63, 3.8) is 0 Å². The molecule has 5 rings (SSSR count). The van der Waals surface area contributed by atoms with E-state index >= 15 is 0 Å². The van der Waals surface area contributed by atoms with Crippen LogP contribution in [0.15, 0.2) is 48.1 Å². The van der Waals surface area contributed by atoms with Crippen LogP contribution < -0.4 is 15.4 Å². The fraction of sp³-hybridized carbons (Fsp3) is 0.280. The molecule has 1 saturated heterocycles. The summed E-state index contributed by atoms with van der Waals surface area (Å²) in [4.78, 5) is 27.7. The van der Waals surface area contributed by atoms with Gasteiger partial charge >= 0.3 is 0 Å². The monoisotopic (exact) mass is 490 g/mol. The lowest BCUT2D eigenvalue weighted by Crippen LogP contribution is -2.35. The summed E-state index contributed by atoms with van der Waals surface area (Å²) in [6.07, 6.45) is 3.56. The van der Waals surface area contributed by atoms with Crippen molar-refractivity contribution in [2.75, 3.05) is 44.0 Å². The number of hydrogen-bond donors (Lipinski definition) is 2. The lowest BCUT2D eigenvalue weighted by atomic mass is 10.1. The van der Waals surface area contributed by atoms with E-state index in [1.807, 2.05) is 29.6 Å². The van der Waals surface area contributed by atoms with Crippen LogP contribution in [0.1, 0.15) is 12.5 Å². The number of hydrogen-bond acceptors (Lipinski definition) is 9. The van der Waals surface area contributed by atoms with Gasteiger partial charge in [0.15, 0.2) is 0 Å². The molecule has 2 N–H and O–H groups in total. The van der Waals surface area contributed by atoms with E-state index in [9.17, 15) is 4.79 Å². The van der Waals surface area contributed by atoms with Gasteiger partial charge in [-0.2, -0.15) is 0 Å². The summed E-state index contributed by atoms with van der Waals surface area (Å²) in [7, 11) is 1.64. The molecule has 3 heterocycles. The second-order valence-corrected chi connectivity index (χ2v) is 9.15. The summed E-state index contributed by atoms with van der Waals surface area (Å²) in [5, 5.41) is 9.90. The van der Waals surface area contributed by atoms with Gasteiger partial charge in [0.25, 0.3) is 0 Å². The largest absolute Gasteiger partial charge is 0.496 e. The Balaban J connectivity index is 1.44. The number of nitrogens with zero attached hydrogens (tertiary/aromatic N) is 4. The molecule has 0 spiro atoms. The first-order chi connectivity index (χ1) is 17.1. The number of benzene rings is 2. The Labute approximate surface area is 207 Å². The van der Waals surface area contributed by atoms with E-state index in [-0.39, 0.29) is 5.91 Å². The van der Waals surface area contributed by atoms with E-state index in [1.54, 1.807) is 30.8 Å². The Kier molecular flexibility index (Phi) is 6.84. The van der Waals surface area contributed by atoms with Crippen LogP contribution in [0.5, 0.6) is 5.75 Å². The molecule has 0 saturated carbocycles. The third-order valence-electron chi connectivity index (χ3n) is 5.64. The number of amides is 1. The summed E-state index contributed by atoms with van der Waals surface area (Å²) >= 11 is 1.55. The Hall–Kier alpha value is -3.60. The van der Waals surface area contributed by atoms with Crippen LogP contribution >= 0.6 is 11.3 Å². The smallest absolute Gasteiger partial charge is 0.227 e. The van der Waals surface area contributed by atoms with Crippen molar-refractivity contribution in [1.29, 1.82) is 0 Å². The average molecular weight is 491 g/mol. The molecule has 0 bridgehead atoms. The predicted octanol–water partition coefficient (Wildman–Crippen LogP) is 4.30. The SMILES string of the molecule is COc1cc2nc(Nc3cc(CN4CCOCC4)cc(NC(C)=O)c3)ncc2cc1-c1nccs1. The minimum Gasteiger partial charge on any atom is -0.496 e. The predicted molar refractivity (Wildman–Crippen MR) is 137 cm³/mol. The average Bonchev–Trinajstić information content (AvgIpc) is 3.38. The first-order valence-corrected chi connectivity index (χ1v) is 12.2. The van der Waals surface area contributed by atoms with Crippen LogP contribution in [0, 0.1) is 0 Å². The van der Waals surface area contributed by atoms with Gasteiger partial charge in [-0.3, -0.25) is 9.69 Å². The lowest BCUT2D eigenvalue weighted by molar-refractivity contribution is -0.114. The molecule has 180 valence electrons. The Morgan fingerprint density at radius 1 is 1.14 bits per heavy atom. The molecule has 4 aromatic rings. The van der Waals surface area contributed by atoms with Gasteiger partial charge in [-0.25, -0.2) is 15.0 Å². The Morgan fingerprint density at radius 3 is 2.71 bits per heavy atom. The van der Waals surface area contributed by atoms with Gasteiger partial charge in [0.1, 0.15) is 10.8 Å². The van der Waals surface area contributed by atoms with Crippen molar-refractivity contribution < 1.29 is 14.3 Å². The fourth-order valence-electron chi connectivity index (χ4n) is 4.09. The first kappa shape index (κ1) is 23.2. The maximum atomic E-state index is 11.7. The fourth-order valence-corrected chi connectivity index (χ4v) is 4.75. The van der Waals surface area contributed by atoms with Crippen molar-refractivity contribution in [3.05, 3.63) is 53.7 Å². The highest BCUT2D eigenvalue weighted by molar-refractivity contribution is 7.13. The summed E-state index contributed by atoms with van der Waals surface area (Å²) in [5.74, 6) is 1.04. The molecular formula is C25H26N6O3S. The van der Waals surface area contributed by atoms with Crippen LogP contribution in [0.2, 0.25) is 0 Å². The van der Waals surface area contributed by atoms with Gasteiger partial charge in [-0.15, -0.1) is 11.3 Å². The number of aromatic nitrogens is 3. The number of carbonyl (C=O) groups excluding carboxylic acids is 1. The number of rotatable bonds is 7. The molecule has 2 aromatic carbocycles. The van der Waals surface area contributed by atoms with Crippen LogP contribution in [0.25, 0.3) is 21.5 Å². The first-order valence-electron chi connectivity index (χ1n) is 11.3. The zero-order valence-corrected chi connectivity index (χ0v) is 20.4. The quantitative estimate of drug-likeness (QED) is 0.396. The maximum Gasteiger partial charge on any atom is 0.227 e. The van der Waals surface area contributed by atoms with Gasteiger partial charge in [0.2, 0.25) is 11.9 Å². The van der Waals surface area contributed by atoms with Crippen molar-refractivity contribution >= 4 is 45.5 Å². The summed E-state index contributed by atoms with van der Waals surface area (Å²) in [6, 6.07) is 9.82. The van der Waals surface area contributed by atoms with Crippen molar-refractivity contribution in [3.8, 4) is 16.3 Å². The van der Waals surface area contributed by atoms with Crippen LogP contribution in [-0.4, -0.2) is 59.2 Å². The molecule has 1 aliphatic rings. The van der Waals surface area contributed by atoms with Gasteiger partial charge in [-0.1, -0.05) is 0 Å². The Bertz CT molecular complexity index is 1340. The number of methoxy groups -OCH3 is 1. The zero-order valence-electron chi connectivity index (χ0n) is 19.6. The molecule has 9 nitrogen and oxygen atoms in total. The van der Waals surface area contributed by atoms with Crippen molar-refractivity contribution in [2.45, 2.75) is 13.5 Å². The number of thiazole rings is 1. The molecule has 0 aliphatic carbocycles. The molecule has 0 radical (unpaired) electrons. The van der Waals surface area contributed by atoms with Crippen LogP contribution in [-0.2, 0) is 16.1 Å². The number of fused-ring (bicyclic) bond motifs is 1. The molecule has 0 atom stereocenters. The van der Waals surface area contributed by atoms with E-state index < -0.39 is 0 Å². The van der Waals surface area contributed by atoms with E-state index in [4.69, 9.17) is 14.5 Å². The summed E-state index contributed by atoms with van der Waals surface area (Å²) < 4.78 is 11.1. The third kappa shape index (κ3) is 5.56. The highest BCUT2D eigenvalue weighted by Crippen LogP contribution is 2.35. The van der Waals surface area contributed by atoms with Gasteiger partial charge < -0.3 is 20.1 Å². The minimum atomic E-state index is -0.121. The molecule has 1 aliphatic heterocycles. The second-order valence-electron chi connectivity index (χ2n) is 8.26. The maximum absolute atomic E-state index is 11.7. The molecule has 1 fully saturated rings. The number of carbonyl (C=O) groups is 1. The molecule has 2 aromatic heterocycles. The molecular weight excluding hydrogens is 464 g/mol. The number of anilines is 3. The van der Waals surface area contributed by atoms with Crippen LogP contribution in [0.4, 0.5) is 17.3 Å². The standard InChI is InChI=1S/C25H26N6O3S/c1-16(32)28-19-9-17(15-31-4-6-34-7-5-31)10-20(12-19)29-25-27-14-18-11-21(24-26-3-8-35-24)23(33-2)13-22(18)30-25/h3,8-14H,4-7,15H2,1-2H3,(H,28,32)(H,27,29,30). The molecule has 10 heteroatoms. The minimum absolute atomic E-state index is 0.121. The van der Waals surface area contributed by atoms with E-state index in [2.05, 4.69) is 31.6 Å². The van der Waals surface area contributed by atoms with E-state index in [1.165, 1.54) is 6.92 Å². The number of morpholine rings is 1. The Morgan fingerprint density at radius 2 is 1.97 bits per heavy atom. The van der Waals surface area contributed by atoms with E-state index in [0.29, 0.717) is 11.7 Å². The topological polar surface area (TPSA) is 102 Å². The lowest BCUT2D eigenvalue weighted by Gasteiger charge is -2.27. The van der Waals surface area contributed by atoms with E-state index in [0.717, 1.165) is 71.3 Å². The van der Waals surface area contributed by atoms with Gasteiger partial charge in [0.05, 0.1) is 31.4 Å². The molecule has 1 amide bonds. The van der Waals surface area contributed by atoms with Crippen LogP contribution in [0.3, 0.4) is 0 Å². The normalized spacial score (nSPS) is 14.1. The number of ether oxygens (including phenoxy) is 2. The number of nitrogens with one attached hydrogen (secondary N) is 2. The highest BCUT2D eigenvalue weighted by Gasteiger charge is 2.14. The highest BCUT2D eigenvalue weighted by atomic mass is 32.1. The van der Waals surface area contributed by atoms with Gasteiger partial charge in [0, 0.05) is 67.2 Å². The third-order valence-corrected chi connectivity index (χ3v) is 6.45. The second kappa shape index (κ2) is 10.3. The zero-order chi connectivity index (χ0) is 24.2. The summed E-state index contributed by atoms with van der Waals surface area (Å²) in [5.41, 5.74) is 4.27. The van der Waals surface area contributed by atoms with Gasteiger partial charge in [-0.05, 0) is 29.8 Å².